The Morgan fingerprint density at radius 3 is 2.95 bits per heavy atom. The van der Waals surface area contributed by atoms with E-state index >= 15 is 0 Å². The normalized spacial score (nSPS) is 18.7. The van der Waals surface area contributed by atoms with Gasteiger partial charge in [-0.2, -0.15) is 0 Å². The molecule has 0 unspecified atom stereocenters. The van der Waals surface area contributed by atoms with E-state index in [1.807, 2.05) is 18.2 Å². The zero-order chi connectivity index (χ0) is 13.1. The molecule has 102 valence electrons. The lowest BCUT2D eigenvalue weighted by molar-refractivity contribution is 0.0947. The first-order valence-electron chi connectivity index (χ1n) is 7.48. The van der Waals surface area contributed by atoms with E-state index in [-0.39, 0.29) is 5.91 Å². The maximum Gasteiger partial charge on any atom is 0.251 e. The van der Waals surface area contributed by atoms with Gasteiger partial charge in [0.15, 0.2) is 0 Å². The molecule has 1 amide bonds. The third-order valence-electron chi connectivity index (χ3n) is 4.33. The molecule has 3 nitrogen and oxygen atoms in total. The van der Waals surface area contributed by atoms with Gasteiger partial charge < -0.3 is 10.6 Å². The molecule has 0 radical (unpaired) electrons. The van der Waals surface area contributed by atoms with Crippen LogP contribution in [0.3, 0.4) is 0 Å². The maximum absolute atomic E-state index is 12.2. The molecule has 0 bridgehead atoms. The zero-order valence-corrected chi connectivity index (χ0v) is 11.4. The molecule has 1 aliphatic carbocycles. The molecule has 2 N–H and O–H groups in total. The van der Waals surface area contributed by atoms with Crippen molar-refractivity contribution in [2.24, 2.45) is 5.92 Å². The minimum Gasteiger partial charge on any atom is -0.385 e. The smallest absolute Gasteiger partial charge is 0.251 e. The SMILES string of the molecule is O=C(NCC1CCCC1)c1ccc2c(c1)CCCN2. The van der Waals surface area contributed by atoms with Gasteiger partial charge in [0.25, 0.3) is 5.91 Å². The standard InChI is InChI=1S/C16H22N2O/c19-16(18-11-12-4-1-2-5-12)14-7-8-15-13(10-14)6-3-9-17-15/h7-8,10,12,17H,1-6,9,11H2,(H,18,19). The van der Waals surface area contributed by atoms with Crippen LogP contribution in [0, 0.1) is 5.92 Å². The Morgan fingerprint density at radius 1 is 1.26 bits per heavy atom. The Hall–Kier alpha value is -1.51. The van der Waals surface area contributed by atoms with Crippen molar-refractivity contribution in [3.05, 3.63) is 29.3 Å². The fourth-order valence-corrected chi connectivity index (χ4v) is 3.17. The minimum absolute atomic E-state index is 0.0836. The summed E-state index contributed by atoms with van der Waals surface area (Å²) >= 11 is 0. The summed E-state index contributed by atoms with van der Waals surface area (Å²) in [6.45, 7) is 1.88. The molecule has 1 fully saturated rings. The number of carbonyl (C=O) groups is 1. The van der Waals surface area contributed by atoms with Crippen LogP contribution in [0.4, 0.5) is 5.69 Å². The van der Waals surface area contributed by atoms with E-state index in [0.29, 0.717) is 5.92 Å². The van der Waals surface area contributed by atoms with Gasteiger partial charge in [-0.25, -0.2) is 0 Å². The van der Waals surface area contributed by atoms with Crippen LogP contribution in [0.15, 0.2) is 18.2 Å². The number of fused-ring (bicyclic) bond motifs is 1. The van der Waals surface area contributed by atoms with Crippen molar-refractivity contribution in [3.63, 3.8) is 0 Å². The van der Waals surface area contributed by atoms with E-state index in [4.69, 9.17) is 0 Å². The number of benzene rings is 1. The number of hydrogen-bond donors (Lipinski definition) is 2. The topological polar surface area (TPSA) is 41.1 Å². The second-order valence-electron chi connectivity index (χ2n) is 5.76. The quantitative estimate of drug-likeness (QED) is 0.875. The van der Waals surface area contributed by atoms with Crippen molar-refractivity contribution in [2.75, 3.05) is 18.4 Å². The first-order chi connectivity index (χ1) is 9.33. The van der Waals surface area contributed by atoms with Crippen LogP contribution in [-0.2, 0) is 6.42 Å². The predicted octanol–water partition coefficient (Wildman–Crippen LogP) is 2.96. The van der Waals surface area contributed by atoms with E-state index in [2.05, 4.69) is 10.6 Å². The number of anilines is 1. The minimum atomic E-state index is 0.0836. The summed E-state index contributed by atoms with van der Waals surface area (Å²) in [4.78, 5) is 12.2. The van der Waals surface area contributed by atoms with E-state index in [9.17, 15) is 4.79 Å². The van der Waals surface area contributed by atoms with Gasteiger partial charge in [-0.3, -0.25) is 4.79 Å². The molecule has 19 heavy (non-hydrogen) atoms. The number of carbonyl (C=O) groups excluding carboxylic acids is 1. The fourth-order valence-electron chi connectivity index (χ4n) is 3.17. The lowest BCUT2D eigenvalue weighted by Crippen LogP contribution is -2.28. The van der Waals surface area contributed by atoms with Gasteiger partial charge in [0.1, 0.15) is 0 Å². The van der Waals surface area contributed by atoms with Crippen LogP contribution in [-0.4, -0.2) is 19.0 Å². The van der Waals surface area contributed by atoms with E-state index in [0.717, 1.165) is 31.5 Å². The van der Waals surface area contributed by atoms with E-state index < -0.39 is 0 Å². The number of aryl methyl sites for hydroxylation is 1. The van der Waals surface area contributed by atoms with Gasteiger partial charge in [-0.15, -0.1) is 0 Å². The summed E-state index contributed by atoms with van der Waals surface area (Å²) in [6, 6.07) is 6.02. The van der Waals surface area contributed by atoms with Crippen LogP contribution in [0.1, 0.15) is 48.0 Å². The van der Waals surface area contributed by atoms with Crippen LogP contribution >= 0.6 is 0 Å². The van der Waals surface area contributed by atoms with Crippen molar-refractivity contribution in [2.45, 2.75) is 38.5 Å². The van der Waals surface area contributed by atoms with Crippen molar-refractivity contribution in [1.29, 1.82) is 0 Å². The summed E-state index contributed by atoms with van der Waals surface area (Å²) in [6.07, 6.45) is 7.42. The van der Waals surface area contributed by atoms with E-state index in [1.54, 1.807) is 0 Å². The number of rotatable bonds is 3. The largest absolute Gasteiger partial charge is 0.385 e. The molecule has 2 aliphatic rings. The third-order valence-corrected chi connectivity index (χ3v) is 4.33. The van der Waals surface area contributed by atoms with Crippen molar-refractivity contribution < 1.29 is 4.79 Å². The summed E-state index contributed by atoms with van der Waals surface area (Å²) in [5.41, 5.74) is 3.28. The lowest BCUT2D eigenvalue weighted by atomic mass is 10.0. The van der Waals surface area contributed by atoms with Crippen LogP contribution < -0.4 is 10.6 Å². The summed E-state index contributed by atoms with van der Waals surface area (Å²) in [5.74, 6) is 0.781. The number of nitrogens with one attached hydrogen (secondary N) is 2. The number of amides is 1. The average molecular weight is 258 g/mol. The Bertz CT molecular complexity index is 464. The molecule has 1 aliphatic heterocycles. The van der Waals surface area contributed by atoms with Gasteiger partial charge in [0.05, 0.1) is 0 Å². The second kappa shape index (κ2) is 5.64. The Morgan fingerprint density at radius 2 is 2.11 bits per heavy atom. The highest BCUT2D eigenvalue weighted by Gasteiger charge is 2.17. The van der Waals surface area contributed by atoms with Gasteiger partial charge >= 0.3 is 0 Å². The molecule has 0 aromatic heterocycles. The van der Waals surface area contributed by atoms with Crippen LogP contribution in [0.5, 0.6) is 0 Å². The molecular formula is C16H22N2O. The van der Waals surface area contributed by atoms with E-state index in [1.165, 1.54) is 36.9 Å². The highest BCUT2D eigenvalue weighted by Crippen LogP contribution is 2.25. The Labute approximate surface area is 114 Å². The molecule has 3 heteroatoms. The monoisotopic (exact) mass is 258 g/mol. The summed E-state index contributed by atoms with van der Waals surface area (Å²) < 4.78 is 0. The molecule has 0 spiro atoms. The van der Waals surface area contributed by atoms with Gasteiger partial charge in [-0.05, 0) is 55.4 Å². The van der Waals surface area contributed by atoms with Gasteiger partial charge in [0.2, 0.25) is 0 Å². The second-order valence-corrected chi connectivity index (χ2v) is 5.76. The molecule has 0 atom stereocenters. The highest BCUT2D eigenvalue weighted by molar-refractivity contribution is 5.95. The molecule has 0 saturated heterocycles. The van der Waals surface area contributed by atoms with Crippen molar-refractivity contribution in [1.82, 2.24) is 5.32 Å². The molecule has 1 saturated carbocycles. The van der Waals surface area contributed by atoms with Crippen molar-refractivity contribution in [3.8, 4) is 0 Å². The molecule has 1 aromatic carbocycles. The lowest BCUT2D eigenvalue weighted by Gasteiger charge is -2.18. The highest BCUT2D eigenvalue weighted by atomic mass is 16.1. The number of hydrogen-bond acceptors (Lipinski definition) is 2. The first kappa shape index (κ1) is 12.5. The molecule has 1 heterocycles. The maximum atomic E-state index is 12.2. The van der Waals surface area contributed by atoms with Crippen molar-refractivity contribution >= 4 is 11.6 Å². The summed E-state index contributed by atoms with van der Waals surface area (Å²) in [5, 5.41) is 6.46. The molecular weight excluding hydrogens is 236 g/mol. The van der Waals surface area contributed by atoms with Gasteiger partial charge in [0, 0.05) is 24.3 Å². The predicted molar refractivity (Wildman–Crippen MR) is 77.5 cm³/mol. The average Bonchev–Trinajstić information content (AvgIpc) is 2.97. The third kappa shape index (κ3) is 2.91. The first-order valence-corrected chi connectivity index (χ1v) is 7.48. The zero-order valence-electron chi connectivity index (χ0n) is 11.4. The van der Waals surface area contributed by atoms with Gasteiger partial charge in [-0.1, -0.05) is 12.8 Å². The summed E-state index contributed by atoms with van der Waals surface area (Å²) in [7, 11) is 0. The van der Waals surface area contributed by atoms with Crippen LogP contribution in [0.25, 0.3) is 0 Å². The molecule has 3 rings (SSSR count). The molecule has 1 aromatic rings. The Balaban J connectivity index is 1.62. The Kier molecular flexibility index (Phi) is 3.72. The van der Waals surface area contributed by atoms with Crippen LogP contribution in [0.2, 0.25) is 0 Å². The fraction of sp³-hybridized carbons (Fsp3) is 0.562.